The monoisotopic (exact) mass is 353 g/mol. The van der Waals surface area contributed by atoms with Crippen molar-refractivity contribution in [1.29, 1.82) is 0 Å². The quantitative estimate of drug-likeness (QED) is 0.409. The lowest BCUT2D eigenvalue weighted by Crippen LogP contribution is -2.49. The van der Waals surface area contributed by atoms with Crippen LogP contribution in [-0.4, -0.2) is 72.8 Å². The summed E-state index contributed by atoms with van der Waals surface area (Å²) >= 11 is 0. The Balaban J connectivity index is 1.70. The van der Waals surface area contributed by atoms with Gasteiger partial charge in [0.15, 0.2) is 0 Å². The first-order chi connectivity index (χ1) is 12.0. The molecule has 0 bridgehead atoms. The molecular weight excluding hydrogens is 326 g/mol. The summed E-state index contributed by atoms with van der Waals surface area (Å²) in [6.07, 6.45) is 3.46. The van der Waals surface area contributed by atoms with E-state index in [1.165, 1.54) is 4.90 Å². The summed E-state index contributed by atoms with van der Waals surface area (Å²) in [6.45, 7) is 4.48. The summed E-state index contributed by atoms with van der Waals surface area (Å²) in [7, 11) is 0. The van der Waals surface area contributed by atoms with Gasteiger partial charge in [-0.05, 0) is 32.6 Å². The maximum Gasteiger partial charge on any atom is 0.311 e. The molecule has 2 saturated heterocycles. The number of amides is 3. The van der Waals surface area contributed by atoms with E-state index in [-0.39, 0.29) is 24.3 Å². The summed E-state index contributed by atoms with van der Waals surface area (Å²) in [5.74, 6) is -1.77. The number of rotatable bonds is 6. The molecule has 140 valence electrons. The highest BCUT2D eigenvalue weighted by molar-refractivity contribution is 6.35. The van der Waals surface area contributed by atoms with E-state index in [2.05, 4.69) is 5.32 Å². The fraction of sp³-hybridized carbons (Fsp3) is 0.765. The van der Waals surface area contributed by atoms with E-state index in [1.807, 2.05) is 0 Å². The molecule has 1 atom stereocenters. The Kier molecular flexibility index (Phi) is 7.21. The number of hydrogen-bond donors (Lipinski definition) is 1. The smallest absolute Gasteiger partial charge is 0.311 e. The number of nitrogens with one attached hydrogen (secondary N) is 1. The topological polar surface area (TPSA) is 96.0 Å². The molecule has 3 amide bonds. The fourth-order valence-corrected chi connectivity index (χ4v) is 3.25. The van der Waals surface area contributed by atoms with E-state index in [1.54, 1.807) is 11.8 Å². The van der Waals surface area contributed by atoms with E-state index in [0.717, 1.165) is 13.0 Å². The van der Waals surface area contributed by atoms with Gasteiger partial charge in [0, 0.05) is 39.1 Å². The largest absolute Gasteiger partial charge is 0.466 e. The standard InChI is InChI=1S/C17H27N3O5/c1-2-25-17(24)13-6-3-10-20(12-13)16(23)15(22)18-8-5-11-19-9-4-7-14(19)21/h13H,2-12H2,1H3,(H,18,22). The van der Waals surface area contributed by atoms with Gasteiger partial charge in [0.1, 0.15) is 0 Å². The molecule has 2 rings (SSSR count). The number of carbonyl (C=O) groups is 4. The third-order valence-corrected chi connectivity index (χ3v) is 4.58. The van der Waals surface area contributed by atoms with E-state index < -0.39 is 11.8 Å². The molecular formula is C17H27N3O5. The van der Waals surface area contributed by atoms with Crippen molar-refractivity contribution in [3.8, 4) is 0 Å². The number of likely N-dealkylation sites (tertiary alicyclic amines) is 2. The summed E-state index contributed by atoms with van der Waals surface area (Å²) in [6, 6.07) is 0. The Hall–Kier alpha value is -2.12. The molecule has 0 radical (unpaired) electrons. The molecule has 2 heterocycles. The van der Waals surface area contributed by atoms with Crippen molar-refractivity contribution < 1.29 is 23.9 Å². The number of ether oxygens (including phenoxy) is 1. The van der Waals surface area contributed by atoms with E-state index >= 15 is 0 Å². The zero-order valence-electron chi connectivity index (χ0n) is 14.8. The van der Waals surface area contributed by atoms with Crippen LogP contribution in [0.25, 0.3) is 0 Å². The van der Waals surface area contributed by atoms with Crippen LogP contribution in [0.4, 0.5) is 0 Å². The van der Waals surface area contributed by atoms with Crippen LogP contribution in [-0.2, 0) is 23.9 Å². The maximum absolute atomic E-state index is 12.2. The van der Waals surface area contributed by atoms with Gasteiger partial charge < -0.3 is 19.9 Å². The van der Waals surface area contributed by atoms with Crippen LogP contribution < -0.4 is 5.32 Å². The molecule has 1 N–H and O–H groups in total. The summed E-state index contributed by atoms with van der Waals surface area (Å²) in [5.41, 5.74) is 0. The minimum Gasteiger partial charge on any atom is -0.466 e. The second kappa shape index (κ2) is 9.39. The SMILES string of the molecule is CCOC(=O)C1CCCN(C(=O)C(=O)NCCCN2CCCC2=O)C1. The van der Waals surface area contributed by atoms with Crippen LogP contribution in [0.1, 0.15) is 39.0 Å². The third-order valence-electron chi connectivity index (χ3n) is 4.58. The van der Waals surface area contributed by atoms with Gasteiger partial charge in [-0.25, -0.2) is 0 Å². The minimum absolute atomic E-state index is 0.153. The zero-order chi connectivity index (χ0) is 18.2. The molecule has 8 nitrogen and oxygen atoms in total. The predicted molar refractivity (Wildman–Crippen MR) is 89.4 cm³/mol. The highest BCUT2D eigenvalue weighted by Gasteiger charge is 2.31. The van der Waals surface area contributed by atoms with Gasteiger partial charge in [0.05, 0.1) is 12.5 Å². The van der Waals surface area contributed by atoms with Crippen molar-refractivity contribution in [2.45, 2.75) is 39.0 Å². The first-order valence-electron chi connectivity index (χ1n) is 9.04. The fourth-order valence-electron chi connectivity index (χ4n) is 3.25. The maximum atomic E-state index is 12.2. The van der Waals surface area contributed by atoms with E-state index in [9.17, 15) is 19.2 Å². The molecule has 0 aromatic heterocycles. The second-order valence-electron chi connectivity index (χ2n) is 6.44. The Labute approximate surface area is 147 Å². The van der Waals surface area contributed by atoms with Crippen molar-refractivity contribution in [3.63, 3.8) is 0 Å². The first-order valence-corrected chi connectivity index (χ1v) is 9.04. The van der Waals surface area contributed by atoms with Gasteiger partial charge in [-0.3, -0.25) is 19.2 Å². The van der Waals surface area contributed by atoms with Gasteiger partial charge in [0.2, 0.25) is 5.91 Å². The second-order valence-corrected chi connectivity index (χ2v) is 6.44. The first kappa shape index (κ1) is 19.2. The number of piperidine rings is 1. The molecule has 2 aliphatic heterocycles. The van der Waals surface area contributed by atoms with Crippen LogP contribution in [0, 0.1) is 5.92 Å². The van der Waals surface area contributed by atoms with Crippen LogP contribution in [0.15, 0.2) is 0 Å². The molecule has 0 aromatic rings. The van der Waals surface area contributed by atoms with Crippen molar-refractivity contribution in [1.82, 2.24) is 15.1 Å². The molecule has 0 saturated carbocycles. The van der Waals surface area contributed by atoms with Crippen molar-refractivity contribution >= 4 is 23.7 Å². The molecule has 1 unspecified atom stereocenters. The summed E-state index contributed by atoms with van der Waals surface area (Å²) < 4.78 is 5.00. The average Bonchev–Trinajstić information content (AvgIpc) is 3.03. The lowest BCUT2D eigenvalue weighted by Gasteiger charge is -2.31. The Morgan fingerprint density at radius 1 is 1.24 bits per heavy atom. The van der Waals surface area contributed by atoms with Crippen LogP contribution in [0.5, 0.6) is 0 Å². The van der Waals surface area contributed by atoms with Crippen LogP contribution >= 0.6 is 0 Å². The zero-order valence-corrected chi connectivity index (χ0v) is 14.8. The Morgan fingerprint density at radius 2 is 2.04 bits per heavy atom. The normalized spacial score (nSPS) is 20.5. The summed E-state index contributed by atoms with van der Waals surface area (Å²) in [5, 5.41) is 2.60. The highest BCUT2D eigenvalue weighted by atomic mass is 16.5. The number of esters is 1. The Bertz CT molecular complexity index is 522. The lowest BCUT2D eigenvalue weighted by molar-refractivity contribution is -0.154. The molecule has 2 fully saturated rings. The van der Waals surface area contributed by atoms with Crippen molar-refractivity contribution in [2.75, 3.05) is 39.3 Å². The van der Waals surface area contributed by atoms with E-state index in [4.69, 9.17) is 4.74 Å². The predicted octanol–water partition coefficient (Wildman–Crippen LogP) is -0.0832. The van der Waals surface area contributed by atoms with Crippen molar-refractivity contribution in [3.05, 3.63) is 0 Å². The molecule has 0 aromatic carbocycles. The molecule has 0 aliphatic carbocycles. The number of hydrogen-bond acceptors (Lipinski definition) is 5. The van der Waals surface area contributed by atoms with Gasteiger partial charge in [-0.1, -0.05) is 0 Å². The number of carbonyl (C=O) groups excluding carboxylic acids is 4. The number of nitrogens with zero attached hydrogens (tertiary/aromatic N) is 2. The van der Waals surface area contributed by atoms with Gasteiger partial charge in [-0.15, -0.1) is 0 Å². The van der Waals surface area contributed by atoms with Gasteiger partial charge in [0.25, 0.3) is 0 Å². The van der Waals surface area contributed by atoms with Gasteiger partial charge in [-0.2, -0.15) is 0 Å². The minimum atomic E-state index is -0.655. The Morgan fingerprint density at radius 3 is 2.72 bits per heavy atom. The van der Waals surface area contributed by atoms with Crippen LogP contribution in [0.2, 0.25) is 0 Å². The molecule has 8 heteroatoms. The van der Waals surface area contributed by atoms with Crippen LogP contribution in [0.3, 0.4) is 0 Å². The third kappa shape index (κ3) is 5.44. The molecule has 0 spiro atoms. The molecule has 25 heavy (non-hydrogen) atoms. The lowest BCUT2D eigenvalue weighted by atomic mass is 9.98. The molecule has 2 aliphatic rings. The van der Waals surface area contributed by atoms with Gasteiger partial charge >= 0.3 is 17.8 Å². The summed E-state index contributed by atoms with van der Waals surface area (Å²) in [4.78, 5) is 50.7. The van der Waals surface area contributed by atoms with E-state index in [0.29, 0.717) is 51.9 Å². The average molecular weight is 353 g/mol. The van der Waals surface area contributed by atoms with Crippen molar-refractivity contribution in [2.24, 2.45) is 5.92 Å². The highest BCUT2D eigenvalue weighted by Crippen LogP contribution is 2.18.